The number of carbonyl (C=O) groups excluding carboxylic acids is 1. The molecule has 2 aromatic rings. The Balaban J connectivity index is 1.92. The third kappa shape index (κ3) is 3.50. The van der Waals surface area contributed by atoms with Crippen molar-refractivity contribution in [2.45, 2.75) is 58.5 Å². The highest BCUT2D eigenvalue weighted by atomic mass is 35.5. The SMILES string of the molecule is Cc1nc(-c2cccc(Cl)c2)sc1C(=O)N(C(C)C)C1CCCC1. The number of carbonyl (C=O) groups is 1. The fraction of sp³-hybridized carbons (Fsp3) is 0.474. The van der Waals surface area contributed by atoms with E-state index in [4.69, 9.17) is 11.6 Å². The molecule has 0 bridgehead atoms. The van der Waals surface area contributed by atoms with Crippen LogP contribution in [0.25, 0.3) is 10.6 Å². The Morgan fingerprint density at radius 2 is 2.04 bits per heavy atom. The smallest absolute Gasteiger partial charge is 0.266 e. The number of nitrogens with zero attached hydrogens (tertiary/aromatic N) is 2. The Hall–Kier alpha value is -1.39. The van der Waals surface area contributed by atoms with E-state index in [1.165, 1.54) is 24.2 Å². The van der Waals surface area contributed by atoms with E-state index in [1.54, 1.807) is 0 Å². The molecule has 1 aromatic carbocycles. The largest absolute Gasteiger partial charge is 0.332 e. The summed E-state index contributed by atoms with van der Waals surface area (Å²) in [4.78, 5) is 20.6. The highest BCUT2D eigenvalue weighted by molar-refractivity contribution is 7.17. The topological polar surface area (TPSA) is 33.2 Å². The van der Waals surface area contributed by atoms with Gasteiger partial charge in [-0.2, -0.15) is 0 Å². The second-order valence-electron chi connectivity index (χ2n) is 6.69. The highest BCUT2D eigenvalue weighted by Gasteiger charge is 2.31. The second kappa shape index (κ2) is 7.24. The minimum Gasteiger partial charge on any atom is -0.332 e. The zero-order valence-corrected chi connectivity index (χ0v) is 16.0. The molecule has 0 unspecified atom stereocenters. The molecule has 128 valence electrons. The molecular weight excluding hydrogens is 340 g/mol. The molecule has 0 atom stereocenters. The summed E-state index contributed by atoms with van der Waals surface area (Å²) in [6.07, 6.45) is 4.67. The van der Waals surface area contributed by atoms with Gasteiger partial charge in [-0.1, -0.05) is 36.6 Å². The number of thiazole rings is 1. The number of amides is 1. The molecule has 0 saturated heterocycles. The summed E-state index contributed by atoms with van der Waals surface area (Å²) in [5.41, 5.74) is 1.77. The fourth-order valence-electron chi connectivity index (χ4n) is 3.46. The minimum atomic E-state index is 0.125. The van der Waals surface area contributed by atoms with Crippen molar-refractivity contribution in [3.05, 3.63) is 39.9 Å². The van der Waals surface area contributed by atoms with Gasteiger partial charge in [0.15, 0.2) is 0 Å². The third-order valence-corrected chi connectivity index (χ3v) is 6.00. The Morgan fingerprint density at radius 3 is 2.67 bits per heavy atom. The lowest BCUT2D eigenvalue weighted by molar-refractivity contribution is 0.0617. The van der Waals surface area contributed by atoms with Gasteiger partial charge in [0.1, 0.15) is 9.88 Å². The molecule has 0 N–H and O–H groups in total. The van der Waals surface area contributed by atoms with Crippen LogP contribution >= 0.6 is 22.9 Å². The molecule has 3 rings (SSSR count). The summed E-state index contributed by atoms with van der Waals surface area (Å²) >= 11 is 7.56. The Kier molecular flexibility index (Phi) is 5.26. The van der Waals surface area contributed by atoms with Gasteiger partial charge in [0.2, 0.25) is 0 Å². The van der Waals surface area contributed by atoms with Crippen molar-refractivity contribution >= 4 is 28.8 Å². The Bertz CT molecular complexity index is 735. The maximum Gasteiger partial charge on any atom is 0.266 e. The second-order valence-corrected chi connectivity index (χ2v) is 8.12. The minimum absolute atomic E-state index is 0.125. The first-order chi connectivity index (χ1) is 11.5. The zero-order chi connectivity index (χ0) is 17.3. The number of hydrogen-bond acceptors (Lipinski definition) is 3. The van der Waals surface area contributed by atoms with Crippen LogP contribution in [0.15, 0.2) is 24.3 Å². The highest BCUT2D eigenvalue weighted by Crippen LogP contribution is 2.33. The summed E-state index contributed by atoms with van der Waals surface area (Å²) in [6.45, 7) is 6.12. The van der Waals surface area contributed by atoms with E-state index in [-0.39, 0.29) is 11.9 Å². The van der Waals surface area contributed by atoms with Gasteiger partial charge in [-0.25, -0.2) is 4.98 Å². The third-order valence-electron chi connectivity index (χ3n) is 4.57. The van der Waals surface area contributed by atoms with Crippen LogP contribution in [-0.4, -0.2) is 27.9 Å². The molecule has 1 fully saturated rings. The monoisotopic (exact) mass is 362 g/mol. The van der Waals surface area contributed by atoms with Crippen molar-refractivity contribution in [2.24, 2.45) is 0 Å². The molecule has 1 aliphatic carbocycles. The van der Waals surface area contributed by atoms with Gasteiger partial charge in [-0.15, -0.1) is 11.3 Å². The van der Waals surface area contributed by atoms with Crippen LogP contribution in [-0.2, 0) is 0 Å². The van der Waals surface area contributed by atoms with E-state index < -0.39 is 0 Å². The van der Waals surface area contributed by atoms with Gasteiger partial charge in [0, 0.05) is 22.7 Å². The number of benzene rings is 1. The molecule has 1 aliphatic rings. The van der Waals surface area contributed by atoms with Crippen molar-refractivity contribution in [3.8, 4) is 10.6 Å². The summed E-state index contributed by atoms with van der Waals surface area (Å²) in [6, 6.07) is 8.21. The maximum absolute atomic E-state index is 13.2. The van der Waals surface area contributed by atoms with Gasteiger partial charge in [0.25, 0.3) is 5.91 Å². The molecule has 1 aromatic heterocycles. The van der Waals surface area contributed by atoms with Crippen molar-refractivity contribution in [2.75, 3.05) is 0 Å². The van der Waals surface area contributed by atoms with Gasteiger partial charge >= 0.3 is 0 Å². The van der Waals surface area contributed by atoms with Crippen LogP contribution in [0.1, 0.15) is 54.9 Å². The molecule has 0 aliphatic heterocycles. The van der Waals surface area contributed by atoms with Crippen molar-refractivity contribution < 1.29 is 4.79 Å². The molecule has 0 radical (unpaired) electrons. The molecule has 1 saturated carbocycles. The number of hydrogen-bond donors (Lipinski definition) is 0. The Labute approximate surface area is 152 Å². The number of aryl methyl sites for hydroxylation is 1. The molecule has 24 heavy (non-hydrogen) atoms. The predicted octanol–water partition coefficient (Wildman–Crippen LogP) is 5.57. The van der Waals surface area contributed by atoms with Crippen molar-refractivity contribution in [1.29, 1.82) is 0 Å². The van der Waals surface area contributed by atoms with E-state index in [1.807, 2.05) is 31.2 Å². The predicted molar refractivity (Wildman–Crippen MR) is 101 cm³/mol. The lowest BCUT2D eigenvalue weighted by Crippen LogP contribution is -2.43. The summed E-state index contributed by atoms with van der Waals surface area (Å²) in [5.74, 6) is 0.125. The van der Waals surface area contributed by atoms with Gasteiger partial charge in [0.05, 0.1) is 5.69 Å². The first kappa shape index (κ1) is 17.4. The van der Waals surface area contributed by atoms with Crippen LogP contribution < -0.4 is 0 Å². The first-order valence-corrected chi connectivity index (χ1v) is 9.73. The lowest BCUT2D eigenvalue weighted by Gasteiger charge is -2.32. The van der Waals surface area contributed by atoms with E-state index in [9.17, 15) is 4.79 Å². The van der Waals surface area contributed by atoms with Crippen molar-refractivity contribution in [1.82, 2.24) is 9.88 Å². The maximum atomic E-state index is 13.2. The number of halogens is 1. The zero-order valence-electron chi connectivity index (χ0n) is 14.4. The van der Waals surface area contributed by atoms with Gasteiger partial charge < -0.3 is 4.90 Å². The van der Waals surface area contributed by atoms with E-state index in [0.717, 1.165) is 34.0 Å². The molecule has 3 nitrogen and oxygen atoms in total. The van der Waals surface area contributed by atoms with E-state index in [2.05, 4.69) is 23.7 Å². The number of aromatic nitrogens is 1. The molecule has 0 spiro atoms. The average molecular weight is 363 g/mol. The van der Waals surface area contributed by atoms with Gasteiger partial charge in [-0.3, -0.25) is 4.79 Å². The summed E-state index contributed by atoms with van der Waals surface area (Å²) < 4.78 is 0. The molecular formula is C19H23ClN2OS. The van der Waals surface area contributed by atoms with Crippen LogP contribution in [0.3, 0.4) is 0 Å². The normalized spacial score (nSPS) is 15.2. The molecule has 1 heterocycles. The standard InChI is InChI=1S/C19H23ClN2OS/c1-12(2)22(16-9-4-5-10-16)19(23)17-13(3)21-18(24-17)14-7-6-8-15(20)11-14/h6-8,11-12,16H,4-5,9-10H2,1-3H3. The lowest BCUT2D eigenvalue weighted by atomic mass is 10.1. The molecule has 5 heteroatoms. The first-order valence-electron chi connectivity index (χ1n) is 8.53. The molecule has 1 amide bonds. The van der Waals surface area contributed by atoms with Crippen LogP contribution in [0.5, 0.6) is 0 Å². The summed E-state index contributed by atoms with van der Waals surface area (Å²) in [5, 5.41) is 1.54. The van der Waals surface area contributed by atoms with Crippen LogP contribution in [0.4, 0.5) is 0 Å². The Morgan fingerprint density at radius 1 is 1.33 bits per heavy atom. The fourth-order valence-corrected chi connectivity index (χ4v) is 4.66. The average Bonchev–Trinajstić information content (AvgIpc) is 3.17. The quantitative estimate of drug-likeness (QED) is 0.712. The summed E-state index contributed by atoms with van der Waals surface area (Å²) in [7, 11) is 0. The van der Waals surface area contributed by atoms with Gasteiger partial charge in [-0.05, 0) is 45.7 Å². The number of rotatable bonds is 4. The van der Waals surface area contributed by atoms with Crippen LogP contribution in [0, 0.1) is 6.92 Å². The van der Waals surface area contributed by atoms with E-state index in [0.29, 0.717) is 11.1 Å². The van der Waals surface area contributed by atoms with Crippen LogP contribution in [0.2, 0.25) is 5.02 Å². The van der Waals surface area contributed by atoms with E-state index >= 15 is 0 Å². The van der Waals surface area contributed by atoms with Crippen molar-refractivity contribution in [3.63, 3.8) is 0 Å².